The number of thiophene rings is 1. The molecular weight excluding hydrogens is 238 g/mol. The van der Waals surface area contributed by atoms with Crippen LogP contribution in [0.4, 0.5) is 5.13 Å². The van der Waals surface area contributed by atoms with Crippen LogP contribution in [0.1, 0.15) is 17.5 Å². The molecule has 0 aromatic carbocycles. The van der Waals surface area contributed by atoms with E-state index in [9.17, 15) is 0 Å². The number of hydrogen-bond acceptors (Lipinski definition) is 5. The van der Waals surface area contributed by atoms with Crippen molar-refractivity contribution in [3.05, 3.63) is 27.4 Å². The van der Waals surface area contributed by atoms with E-state index in [0.29, 0.717) is 6.04 Å². The van der Waals surface area contributed by atoms with Crippen LogP contribution in [0, 0.1) is 6.92 Å². The van der Waals surface area contributed by atoms with Gasteiger partial charge in [0, 0.05) is 13.1 Å². The number of hydrogen-bond donors (Lipinski definition) is 0. The van der Waals surface area contributed by atoms with Gasteiger partial charge in [-0.2, -0.15) is 11.3 Å². The van der Waals surface area contributed by atoms with E-state index in [4.69, 9.17) is 0 Å². The molecule has 0 saturated heterocycles. The molecule has 0 N–H and O–H groups in total. The molecule has 86 valence electrons. The first kappa shape index (κ1) is 11.5. The van der Waals surface area contributed by atoms with E-state index < -0.39 is 0 Å². The van der Waals surface area contributed by atoms with E-state index in [0.717, 1.165) is 16.6 Å². The monoisotopic (exact) mass is 253 g/mol. The second-order valence-electron chi connectivity index (χ2n) is 3.90. The van der Waals surface area contributed by atoms with Gasteiger partial charge in [0.15, 0.2) is 0 Å². The molecule has 0 spiro atoms. The van der Waals surface area contributed by atoms with Crippen molar-refractivity contribution >= 4 is 27.8 Å². The molecule has 3 nitrogen and oxygen atoms in total. The molecule has 0 aliphatic heterocycles. The van der Waals surface area contributed by atoms with Gasteiger partial charge < -0.3 is 4.90 Å². The Morgan fingerprint density at radius 2 is 2.25 bits per heavy atom. The second kappa shape index (κ2) is 4.93. The van der Waals surface area contributed by atoms with Crippen molar-refractivity contribution in [2.75, 3.05) is 11.9 Å². The van der Waals surface area contributed by atoms with Crippen LogP contribution in [0.5, 0.6) is 0 Å². The van der Waals surface area contributed by atoms with Gasteiger partial charge in [-0.15, -0.1) is 10.2 Å². The predicted octanol–water partition coefficient (Wildman–Crippen LogP) is 2.98. The summed E-state index contributed by atoms with van der Waals surface area (Å²) in [5.74, 6) is 0. The van der Waals surface area contributed by atoms with Crippen molar-refractivity contribution in [1.29, 1.82) is 0 Å². The van der Waals surface area contributed by atoms with Crippen LogP contribution >= 0.6 is 22.7 Å². The Labute approximate surface area is 104 Å². The van der Waals surface area contributed by atoms with Gasteiger partial charge in [-0.3, -0.25) is 0 Å². The predicted molar refractivity (Wildman–Crippen MR) is 70.5 cm³/mol. The Kier molecular flexibility index (Phi) is 3.56. The topological polar surface area (TPSA) is 29.0 Å². The largest absolute Gasteiger partial charge is 0.347 e. The van der Waals surface area contributed by atoms with Crippen LogP contribution in [0.3, 0.4) is 0 Å². The lowest BCUT2D eigenvalue weighted by molar-refractivity contribution is 0.678. The Bertz CT molecular complexity index is 436. The SMILES string of the molecule is Cc1nnc(N(C)[C@H](C)Cc2ccsc2)s1. The molecule has 2 aromatic rings. The normalized spacial score (nSPS) is 12.7. The molecule has 0 aliphatic carbocycles. The third-order valence-corrected chi connectivity index (χ3v) is 4.25. The Morgan fingerprint density at radius 3 is 2.81 bits per heavy atom. The van der Waals surface area contributed by atoms with E-state index in [1.165, 1.54) is 5.56 Å². The molecule has 2 aromatic heterocycles. The van der Waals surface area contributed by atoms with E-state index in [-0.39, 0.29) is 0 Å². The Balaban J connectivity index is 2.02. The third kappa shape index (κ3) is 2.59. The van der Waals surface area contributed by atoms with Crippen LogP contribution in [-0.2, 0) is 6.42 Å². The maximum atomic E-state index is 4.16. The number of anilines is 1. The molecular formula is C11H15N3S2. The molecule has 0 saturated carbocycles. The summed E-state index contributed by atoms with van der Waals surface area (Å²) in [5.41, 5.74) is 1.39. The van der Waals surface area contributed by atoms with Gasteiger partial charge >= 0.3 is 0 Å². The summed E-state index contributed by atoms with van der Waals surface area (Å²) in [5, 5.41) is 14.6. The smallest absolute Gasteiger partial charge is 0.208 e. The zero-order valence-corrected chi connectivity index (χ0v) is 11.3. The number of nitrogens with zero attached hydrogens (tertiary/aromatic N) is 3. The van der Waals surface area contributed by atoms with E-state index >= 15 is 0 Å². The minimum Gasteiger partial charge on any atom is -0.347 e. The second-order valence-corrected chi connectivity index (χ2v) is 5.84. The van der Waals surface area contributed by atoms with Gasteiger partial charge in [0.05, 0.1) is 0 Å². The lowest BCUT2D eigenvalue weighted by Crippen LogP contribution is -2.30. The fraction of sp³-hybridized carbons (Fsp3) is 0.455. The molecule has 0 unspecified atom stereocenters. The van der Waals surface area contributed by atoms with Gasteiger partial charge in [-0.25, -0.2) is 0 Å². The highest BCUT2D eigenvalue weighted by molar-refractivity contribution is 7.15. The van der Waals surface area contributed by atoms with Crippen molar-refractivity contribution in [2.24, 2.45) is 0 Å². The van der Waals surface area contributed by atoms with E-state index in [2.05, 4.69) is 45.9 Å². The number of likely N-dealkylation sites (N-methyl/N-ethyl adjacent to an activating group) is 1. The highest BCUT2D eigenvalue weighted by Gasteiger charge is 2.14. The summed E-state index contributed by atoms with van der Waals surface area (Å²) < 4.78 is 0. The first-order chi connectivity index (χ1) is 7.66. The minimum absolute atomic E-state index is 0.446. The molecule has 16 heavy (non-hydrogen) atoms. The van der Waals surface area contributed by atoms with Crippen LogP contribution in [0.25, 0.3) is 0 Å². The van der Waals surface area contributed by atoms with Gasteiger partial charge in [0.1, 0.15) is 5.01 Å². The van der Waals surface area contributed by atoms with Crippen LogP contribution in [-0.4, -0.2) is 23.3 Å². The summed E-state index contributed by atoms with van der Waals surface area (Å²) in [4.78, 5) is 2.20. The maximum absolute atomic E-state index is 4.16. The summed E-state index contributed by atoms with van der Waals surface area (Å²) in [7, 11) is 2.08. The molecule has 0 bridgehead atoms. The van der Waals surface area contributed by atoms with Crippen LogP contribution in [0.15, 0.2) is 16.8 Å². The Morgan fingerprint density at radius 1 is 1.44 bits per heavy atom. The number of rotatable bonds is 4. The lowest BCUT2D eigenvalue weighted by Gasteiger charge is -2.23. The summed E-state index contributed by atoms with van der Waals surface area (Å²) >= 11 is 3.39. The van der Waals surface area contributed by atoms with Crippen molar-refractivity contribution in [3.8, 4) is 0 Å². The van der Waals surface area contributed by atoms with Crippen LogP contribution in [0.2, 0.25) is 0 Å². The zero-order valence-electron chi connectivity index (χ0n) is 9.67. The van der Waals surface area contributed by atoms with Crippen LogP contribution < -0.4 is 4.90 Å². The molecule has 0 radical (unpaired) electrons. The highest BCUT2D eigenvalue weighted by atomic mass is 32.1. The van der Waals surface area contributed by atoms with Crippen molar-refractivity contribution < 1.29 is 0 Å². The molecule has 5 heteroatoms. The highest BCUT2D eigenvalue weighted by Crippen LogP contribution is 2.21. The van der Waals surface area contributed by atoms with E-state index in [1.807, 2.05) is 6.92 Å². The minimum atomic E-state index is 0.446. The lowest BCUT2D eigenvalue weighted by atomic mass is 10.1. The molecule has 0 amide bonds. The summed E-state index contributed by atoms with van der Waals surface area (Å²) in [6.45, 7) is 4.20. The standard InChI is InChI=1S/C11H15N3S2/c1-8(6-10-4-5-15-7-10)14(3)11-13-12-9(2)16-11/h4-5,7-8H,6H2,1-3H3/t8-/m1/s1. The average molecular weight is 253 g/mol. The summed E-state index contributed by atoms with van der Waals surface area (Å²) in [6, 6.07) is 2.63. The van der Waals surface area contributed by atoms with E-state index in [1.54, 1.807) is 22.7 Å². The molecule has 2 heterocycles. The van der Waals surface area contributed by atoms with Crippen molar-refractivity contribution in [1.82, 2.24) is 10.2 Å². The number of aryl methyl sites for hydroxylation is 1. The molecule has 0 fully saturated rings. The van der Waals surface area contributed by atoms with Crippen molar-refractivity contribution in [3.63, 3.8) is 0 Å². The Hall–Kier alpha value is -0.940. The first-order valence-corrected chi connectivity index (χ1v) is 6.97. The van der Waals surface area contributed by atoms with Crippen molar-refractivity contribution in [2.45, 2.75) is 26.3 Å². The zero-order chi connectivity index (χ0) is 11.5. The number of aromatic nitrogens is 2. The first-order valence-electron chi connectivity index (χ1n) is 5.21. The molecule has 2 rings (SSSR count). The fourth-order valence-electron chi connectivity index (χ4n) is 1.50. The maximum Gasteiger partial charge on any atom is 0.208 e. The van der Waals surface area contributed by atoms with Gasteiger partial charge in [0.2, 0.25) is 5.13 Å². The van der Waals surface area contributed by atoms with Gasteiger partial charge in [-0.05, 0) is 42.7 Å². The van der Waals surface area contributed by atoms with Gasteiger partial charge in [0.25, 0.3) is 0 Å². The van der Waals surface area contributed by atoms with Gasteiger partial charge in [-0.1, -0.05) is 11.3 Å². The quantitative estimate of drug-likeness (QED) is 0.839. The molecule has 1 atom stereocenters. The summed E-state index contributed by atoms with van der Waals surface area (Å²) in [6.07, 6.45) is 1.05. The molecule has 0 aliphatic rings. The average Bonchev–Trinajstić information content (AvgIpc) is 2.88. The fourth-order valence-corrected chi connectivity index (χ4v) is 2.94. The third-order valence-electron chi connectivity index (χ3n) is 2.59.